The average molecular weight is 424 g/mol. The number of hydrogen-bond donors (Lipinski definition) is 1. The number of hydrogen-bond acceptors (Lipinski definition) is 3. The van der Waals surface area contributed by atoms with Gasteiger partial charge in [0.15, 0.2) is 0 Å². The Morgan fingerprint density at radius 1 is 1.16 bits per heavy atom. The van der Waals surface area contributed by atoms with E-state index in [1.54, 1.807) is 17.1 Å². The van der Waals surface area contributed by atoms with E-state index in [-0.39, 0.29) is 11.3 Å². The minimum absolute atomic E-state index is 0.212. The molecule has 4 aliphatic rings. The van der Waals surface area contributed by atoms with Crippen LogP contribution in [-0.2, 0) is 6.54 Å². The quantitative estimate of drug-likeness (QED) is 0.682. The Kier molecular flexibility index (Phi) is 5.28. The molecule has 0 amide bonds. The van der Waals surface area contributed by atoms with E-state index >= 15 is 0 Å². The molecule has 31 heavy (non-hydrogen) atoms. The van der Waals surface area contributed by atoms with E-state index in [1.165, 1.54) is 51.4 Å². The fourth-order valence-electron chi connectivity index (χ4n) is 9.71. The van der Waals surface area contributed by atoms with Crippen molar-refractivity contribution in [1.29, 1.82) is 5.26 Å². The molecule has 1 heterocycles. The first-order chi connectivity index (χ1) is 14.7. The predicted octanol–water partition coefficient (Wildman–Crippen LogP) is 5.66. The van der Waals surface area contributed by atoms with Crippen LogP contribution in [0.25, 0.3) is 0 Å². The Hall–Kier alpha value is -1.34. The Labute approximate surface area is 188 Å². The van der Waals surface area contributed by atoms with Crippen LogP contribution in [-0.4, -0.2) is 20.5 Å². The monoisotopic (exact) mass is 423 g/mol. The molecule has 0 radical (unpaired) electrons. The zero-order valence-electron chi connectivity index (χ0n) is 19.9. The molecule has 0 aliphatic heterocycles. The minimum atomic E-state index is -0.814. The normalized spacial score (nSPS) is 46.3. The summed E-state index contributed by atoms with van der Waals surface area (Å²) in [6.45, 7) is 9.86. The molecule has 4 heteroatoms. The van der Waals surface area contributed by atoms with Gasteiger partial charge >= 0.3 is 0 Å². The van der Waals surface area contributed by atoms with Crippen LogP contribution in [0.15, 0.2) is 12.4 Å². The van der Waals surface area contributed by atoms with Crippen molar-refractivity contribution in [1.82, 2.24) is 9.78 Å². The molecule has 1 aromatic heterocycles. The first kappa shape index (κ1) is 21.5. The van der Waals surface area contributed by atoms with E-state index in [1.807, 2.05) is 6.92 Å². The lowest BCUT2D eigenvalue weighted by molar-refractivity contribution is -0.121. The van der Waals surface area contributed by atoms with Crippen LogP contribution in [0.3, 0.4) is 0 Å². The lowest BCUT2D eigenvalue weighted by atomic mass is 9.48. The van der Waals surface area contributed by atoms with Crippen molar-refractivity contribution >= 4 is 0 Å². The van der Waals surface area contributed by atoms with E-state index in [9.17, 15) is 5.11 Å². The van der Waals surface area contributed by atoms with E-state index in [0.717, 1.165) is 35.5 Å². The van der Waals surface area contributed by atoms with Gasteiger partial charge in [0.1, 0.15) is 6.07 Å². The topological polar surface area (TPSA) is 61.8 Å². The van der Waals surface area contributed by atoms with Crippen LogP contribution in [0.1, 0.15) is 84.6 Å². The predicted molar refractivity (Wildman–Crippen MR) is 122 cm³/mol. The number of aromatic nitrogens is 2. The summed E-state index contributed by atoms with van der Waals surface area (Å²) in [5.74, 6) is 6.26. The summed E-state index contributed by atoms with van der Waals surface area (Å²) < 4.78 is 1.78. The molecular formula is C27H41N3O. The molecule has 4 saturated carbocycles. The Morgan fingerprint density at radius 2 is 1.94 bits per heavy atom. The first-order valence-electron chi connectivity index (χ1n) is 12.9. The molecule has 1 aromatic rings. The van der Waals surface area contributed by atoms with Gasteiger partial charge in [-0.3, -0.25) is 4.68 Å². The average Bonchev–Trinajstić information content (AvgIpc) is 3.27. The summed E-state index contributed by atoms with van der Waals surface area (Å²) in [7, 11) is 0. The molecule has 170 valence electrons. The zero-order chi connectivity index (χ0) is 22.0. The van der Waals surface area contributed by atoms with Crippen molar-refractivity contribution in [3.05, 3.63) is 18.0 Å². The third-order valence-electron chi connectivity index (χ3n) is 10.5. The molecular weight excluding hydrogens is 382 g/mol. The molecule has 4 fully saturated rings. The van der Waals surface area contributed by atoms with Crippen LogP contribution >= 0.6 is 0 Å². The highest BCUT2D eigenvalue weighted by molar-refractivity contribution is 5.22. The number of nitriles is 1. The van der Waals surface area contributed by atoms with Crippen LogP contribution < -0.4 is 0 Å². The third-order valence-corrected chi connectivity index (χ3v) is 10.5. The Bertz CT molecular complexity index is 853. The van der Waals surface area contributed by atoms with Crippen molar-refractivity contribution in [2.24, 2.45) is 52.8 Å². The first-order valence-corrected chi connectivity index (χ1v) is 12.9. The highest BCUT2D eigenvalue weighted by Crippen LogP contribution is 2.67. The second-order valence-electron chi connectivity index (χ2n) is 12.5. The summed E-state index contributed by atoms with van der Waals surface area (Å²) in [6.07, 6.45) is 14.5. The SMILES string of the molecule is CC1CCC2C(CCC3C2CCC2(C)C3CC(C)C2C(C)(O)Cn2cc(C#N)cn2)C1. The molecule has 0 bridgehead atoms. The van der Waals surface area contributed by atoms with Gasteiger partial charge in [0, 0.05) is 6.20 Å². The standard InChI is InChI=1S/C27H41N3O/c1-17-5-7-21-20(11-17)6-8-23-22(21)9-10-26(3)24(23)12-18(2)25(26)27(4,31)16-30-15-19(13-28)14-29-30/h14-15,17-18,20-25,31H,5-12,16H2,1-4H3. The number of rotatable bonds is 3. The highest BCUT2D eigenvalue weighted by Gasteiger charge is 2.62. The molecule has 4 nitrogen and oxygen atoms in total. The summed E-state index contributed by atoms with van der Waals surface area (Å²) in [5, 5.41) is 25.3. The maximum Gasteiger partial charge on any atom is 0.102 e. The third kappa shape index (κ3) is 3.47. The molecule has 10 unspecified atom stereocenters. The fraction of sp³-hybridized carbons (Fsp3) is 0.852. The van der Waals surface area contributed by atoms with Gasteiger partial charge in [-0.1, -0.05) is 27.2 Å². The van der Waals surface area contributed by atoms with E-state index in [4.69, 9.17) is 5.26 Å². The molecule has 1 N–H and O–H groups in total. The molecule has 0 saturated heterocycles. The molecule has 0 spiro atoms. The Balaban J connectivity index is 1.38. The van der Waals surface area contributed by atoms with Crippen molar-refractivity contribution in [2.45, 2.75) is 91.2 Å². The van der Waals surface area contributed by atoms with Gasteiger partial charge in [0.05, 0.1) is 23.9 Å². The lowest BCUT2D eigenvalue weighted by Gasteiger charge is -2.57. The van der Waals surface area contributed by atoms with Gasteiger partial charge < -0.3 is 5.11 Å². The number of nitrogens with zero attached hydrogens (tertiary/aromatic N) is 3. The molecule has 5 rings (SSSR count). The van der Waals surface area contributed by atoms with E-state index in [0.29, 0.717) is 18.0 Å². The highest BCUT2D eigenvalue weighted by atomic mass is 16.3. The molecule has 0 aromatic carbocycles. The van der Waals surface area contributed by atoms with Crippen molar-refractivity contribution < 1.29 is 5.11 Å². The van der Waals surface area contributed by atoms with Gasteiger partial charge in [-0.05, 0) is 105 Å². The fourth-order valence-corrected chi connectivity index (χ4v) is 9.71. The van der Waals surface area contributed by atoms with Gasteiger partial charge in [-0.25, -0.2) is 0 Å². The number of fused-ring (bicyclic) bond motifs is 5. The van der Waals surface area contributed by atoms with Crippen LogP contribution in [0.4, 0.5) is 0 Å². The smallest absolute Gasteiger partial charge is 0.102 e. The lowest BCUT2D eigenvalue weighted by Crippen LogP contribution is -2.53. The van der Waals surface area contributed by atoms with Crippen LogP contribution in [0.2, 0.25) is 0 Å². The van der Waals surface area contributed by atoms with Crippen LogP contribution in [0, 0.1) is 64.1 Å². The van der Waals surface area contributed by atoms with Crippen molar-refractivity contribution in [3.63, 3.8) is 0 Å². The van der Waals surface area contributed by atoms with E-state index < -0.39 is 5.60 Å². The summed E-state index contributed by atoms with van der Waals surface area (Å²) in [4.78, 5) is 0. The van der Waals surface area contributed by atoms with E-state index in [2.05, 4.69) is 31.9 Å². The second kappa shape index (κ2) is 7.62. The van der Waals surface area contributed by atoms with Gasteiger partial charge in [-0.15, -0.1) is 0 Å². The molecule has 10 atom stereocenters. The maximum atomic E-state index is 11.8. The summed E-state index contributed by atoms with van der Waals surface area (Å²) in [6, 6.07) is 2.16. The van der Waals surface area contributed by atoms with Gasteiger partial charge in [0.25, 0.3) is 0 Å². The van der Waals surface area contributed by atoms with Crippen molar-refractivity contribution in [2.75, 3.05) is 0 Å². The maximum absolute atomic E-state index is 11.8. The molecule has 4 aliphatic carbocycles. The Morgan fingerprint density at radius 3 is 2.68 bits per heavy atom. The summed E-state index contributed by atoms with van der Waals surface area (Å²) >= 11 is 0. The van der Waals surface area contributed by atoms with Crippen LogP contribution in [0.5, 0.6) is 0 Å². The summed E-state index contributed by atoms with van der Waals surface area (Å²) in [5.41, 5.74) is -0.0331. The number of aliphatic hydroxyl groups is 1. The minimum Gasteiger partial charge on any atom is -0.388 e. The second-order valence-corrected chi connectivity index (χ2v) is 12.5. The zero-order valence-corrected chi connectivity index (χ0v) is 19.9. The largest absolute Gasteiger partial charge is 0.388 e. The van der Waals surface area contributed by atoms with Gasteiger partial charge in [0.2, 0.25) is 0 Å². The van der Waals surface area contributed by atoms with Crippen molar-refractivity contribution in [3.8, 4) is 6.07 Å². The van der Waals surface area contributed by atoms with Gasteiger partial charge in [-0.2, -0.15) is 10.4 Å².